The number of carbonyl (C=O) groups excluding carboxylic acids is 1. The van der Waals surface area contributed by atoms with Crippen LogP contribution in [-0.4, -0.2) is 17.9 Å². The van der Waals surface area contributed by atoms with Gasteiger partial charge < -0.3 is 9.75 Å². The third-order valence-corrected chi connectivity index (χ3v) is 3.86. The first-order valence-electron chi connectivity index (χ1n) is 7.34. The van der Waals surface area contributed by atoms with Gasteiger partial charge in [0.25, 0.3) is 5.69 Å². The summed E-state index contributed by atoms with van der Waals surface area (Å²) in [4.78, 5) is 22.1. The van der Waals surface area contributed by atoms with E-state index in [4.69, 9.17) is 4.74 Å². The van der Waals surface area contributed by atoms with Crippen molar-refractivity contribution in [1.82, 2.24) is 5.43 Å². The Labute approximate surface area is 145 Å². The van der Waals surface area contributed by atoms with Crippen molar-refractivity contribution in [3.8, 4) is 0 Å². The molecule has 3 rings (SSSR count). The molecule has 2 aromatic carbocycles. The van der Waals surface area contributed by atoms with Crippen molar-refractivity contribution >= 4 is 17.3 Å². The maximum atomic E-state index is 12.8. The van der Waals surface area contributed by atoms with Crippen LogP contribution in [0.5, 0.6) is 0 Å². The molecule has 0 aromatic heterocycles. The Balaban J connectivity index is 1.90. The molecule has 0 unspecified atom stereocenters. The van der Waals surface area contributed by atoms with Gasteiger partial charge in [0, 0.05) is 18.7 Å². The number of fused-ring (bicyclic) bond motifs is 1. The van der Waals surface area contributed by atoms with Gasteiger partial charge in [-0.25, -0.2) is 4.79 Å². The summed E-state index contributed by atoms with van der Waals surface area (Å²) in [6.45, 7) is 0. The van der Waals surface area contributed by atoms with Crippen LogP contribution in [0.4, 0.5) is 24.5 Å². The van der Waals surface area contributed by atoms with Crippen LogP contribution in [0.3, 0.4) is 0 Å². The van der Waals surface area contributed by atoms with E-state index in [9.17, 15) is 28.1 Å². The number of nitrogens with zero attached hydrogens (tertiary/aromatic N) is 2. The Morgan fingerprint density at radius 1 is 1.23 bits per heavy atom. The first-order chi connectivity index (χ1) is 12.2. The first kappa shape index (κ1) is 17.7. The minimum atomic E-state index is -4.70. The predicted molar refractivity (Wildman–Crippen MR) is 84.2 cm³/mol. The van der Waals surface area contributed by atoms with E-state index in [0.717, 1.165) is 17.1 Å². The summed E-state index contributed by atoms with van der Waals surface area (Å²) in [5.74, 6) is -0.562. The number of cyclic esters (lactones) is 1. The molecule has 1 aliphatic heterocycles. The highest BCUT2D eigenvalue weighted by Gasteiger charge is 2.35. The summed E-state index contributed by atoms with van der Waals surface area (Å²) < 4.78 is 43.5. The Hall–Kier alpha value is -3.14. The van der Waals surface area contributed by atoms with Crippen LogP contribution < -0.4 is 10.4 Å². The SMILES string of the molecule is CN(N[C@H]1OC(=O)c2ccccc21)c1ccc(C(F)(F)F)cc1[N+](=O)[O-]. The predicted octanol–water partition coefficient (Wildman–Crippen LogP) is 3.42. The number of ether oxygens (including phenoxy) is 1. The van der Waals surface area contributed by atoms with Crippen LogP contribution in [0, 0.1) is 10.1 Å². The number of nitro groups is 1. The van der Waals surface area contributed by atoms with Crippen molar-refractivity contribution in [3.63, 3.8) is 0 Å². The lowest BCUT2D eigenvalue weighted by Crippen LogP contribution is -2.38. The molecule has 2 aromatic rings. The Morgan fingerprint density at radius 2 is 1.92 bits per heavy atom. The van der Waals surface area contributed by atoms with Crippen LogP contribution in [0.2, 0.25) is 0 Å². The maximum absolute atomic E-state index is 12.8. The Kier molecular flexibility index (Phi) is 4.28. The average Bonchev–Trinajstić information content (AvgIpc) is 2.90. The fourth-order valence-electron chi connectivity index (χ4n) is 2.62. The van der Waals surface area contributed by atoms with E-state index in [2.05, 4.69) is 5.43 Å². The number of nitrogens with one attached hydrogen (secondary N) is 1. The summed E-state index contributed by atoms with van der Waals surface area (Å²) >= 11 is 0. The number of hydrogen-bond acceptors (Lipinski definition) is 6. The number of rotatable bonds is 4. The summed E-state index contributed by atoms with van der Waals surface area (Å²) in [6.07, 6.45) is -5.61. The molecule has 0 bridgehead atoms. The average molecular weight is 367 g/mol. The van der Waals surface area contributed by atoms with Gasteiger partial charge in [-0.3, -0.25) is 10.1 Å². The van der Waals surface area contributed by atoms with E-state index in [1.54, 1.807) is 24.3 Å². The van der Waals surface area contributed by atoms with Gasteiger partial charge in [-0.05, 0) is 18.2 Å². The van der Waals surface area contributed by atoms with Crippen molar-refractivity contribution in [2.24, 2.45) is 0 Å². The number of nitro benzene ring substituents is 1. The molecule has 0 spiro atoms. The molecule has 0 saturated carbocycles. The third kappa shape index (κ3) is 3.18. The van der Waals surface area contributed by atoms with Crippen molar-refractivity contribution in [2.75, 3.05) is 12.1 Å². The lowest BCUT2D eigenvalue weighted by atomic mass is 10.1. The molecule has 0 saturated heterocycles. The molecule has 0 amide bonds. The molecule has 7 nitrogen and oxygen atoms in total. The molecule has 1 atom stereocenters. The molecule has 1 heterocycles. The van der Waals surface area contributed by atoms with Gasteiger partial charge in [0.15, 0.2) is 6.23 Å². The fourth-order valence-corrected chi connectivity index (χ4v) is 2.62. The lowest BCUT2D eigenvalue weighted by Gasteiger charge is -2.24. The summed E-state index contributed by atoms with van der Waals surface area (Å²) in [7, 11) is 1.38. The molecular weight excluding hydrogens is 355 g/mol. The molecule has 26 heavy (non-hydrogen) atoms. The van der Waals surface area contributed by atoms with E-state index in [1.165, 1.54) is 7.05 Å². The van der Waals surface area contributed by atoms with Crippen LogP contribution in [0.25, 0.3) is 0 Å². The van der Waals surface area contributed by atoms with Crippen molar-refractivity contribution in [1.29, 1.82) is 0 Å². The van der Waals surface area contributed by atoms with Crippen molar-refractivity contribution in [3.05, 3.63) is 69.3 Å². The summed E-state index contributed by atoms with van der Waals surface area (Å²) in [5, 5.41) is 12.3. The number of benzene rings is 2. The standard InChI is InChI=1S/C16H12F3N3O4/c1-21(20-14-10-4-2-3-5-11(10)15(23)26-14)12-7-6-9(16(17,18)19)8-13(12)22(24)25/h2-8,14,20H,1H3/t14-/m0/s1. The van der Waals surface area contributed by atoms with Gasteiger partial charge in [-0.15, -0.1) is 0 Å². The monoisotopic (exact) mass is 367 g/mol. The number of esters is 1. The molecule has 1 aliphatic rings. The molecule has 0 radical (unpaired) electrons. The minimum absolute atomic E-state index is 0.108. The molecular formula is C16H12F3N3O4. The van der Waals surface area contributed by atoms with E-state index in [-0.39, 0.29) is 5.69 Å². The van der Waals surface area contributed by atoms with Crippen LogP contribution >= 0.6 is 0 Å². The highest BCUT2D eigenvalue weighted by atomic mass is 19.4. The number of hydrogen-bond donors (Lipinski definition) is 1. The van der Waals surface area contributed by atoms with Crippen LogP contribution in [0.15, 0.2) is 42.5 Å². The van der Waals surface area contributed by atoms with Crippen molar-refractivity contribution in [2.45, 2.75) is 12.4 Å². The van der Waals surface area contributed by atoms with Crippen molar-refractivity contribution < 1.29 is 27.6 Å². The summed E-state index contributed by atoms with van der Waals surface area (Å²) in [5.41, 5.74) is 1.65. The van der Waals surface area contributed by atoms with Gasteiger partial charge >= 0.3 is 12.1 Å². The van der Waals surface area contributed by atoms with Gasteiger partial charge in [0.1, 0.15) is 5.69 Å². The Bertz CT molecular complexity index is 885. The second kappa shape index (κ2) is 6.30. The zero-order chi connectivity index (χ0) is 19.1. The topological polar surface area (TPSA) is 84.7 Å². The smallest absolute Gasteiger partial charge is 0.416 e. The zero-order valence-electron chi connectivity index (χ0n) is 13.3. The lowest BCUT2D eigenvalue weighted by molar-refractivity contribution is -0.384. The number of anilines is 1. The van der Waals surface area contributed by atoms with E-state index in [1.807, 2.05) is 0 Å². The number of halogens is 3. The molecule has 1 N–H and O–H groups in total. The van der Waals surface area contributed by atoms with Crippen LogP contribution in [0.1, 0.15) is 27.7 Å². The van der Waals surface area contributed by atoms with E-state index < -0.39 is 34.5 Å². The highest BCUT2D eigenvalue weighted by Crippen LogP contribution is 2.36. The normalized spacial score (nSPS) is 16.2. The fraction of sp³-hybridized carbons (Fsp3) is 0.188. The first-order valence-corrected chi connectivity index (χ1v) is 7.34. The summed E-state index contributed by atoms with van der Waals surface area (Å²) in [6, 6.07) is 8.75. The van der Waals surface area contributed by atoms with Crippen LogP contribution in [-0.2, 0) is 10.9 Å². The number of carbonyl (C=O) groups is 1. The van der Waals surface area contributed by atoms with Gasteiger partial charge in [-0.2, -0.15) is 18.6 Å². The van der Waals surface area contributed by atoms with Gasteiger partial charge in [0.05, 0.1) is 16.1 Å². The second-order valence-corrected chi connectivity index (χ2v) is 5.52. The molecule has 136 valence electrons. The van der Waals surface area contributed by atoms with Gasteiger partial charge in [0.2, 0.25) is 0 Å². The van der Waals surface area contributed by atoms with Gasteiger partial charge in [-0.1, -0.05) is 18.2 Å². The number of alkyl halides is 3. The molecule has 0 fully saturated rings. The highest BCUT2D eigenvalue weighted by molar-refractivity contribution is 5.93. The Morgan fingerprint density at radius 3 is 2.58 bits per heavy atom. The quantitative estimate of drug-likeness (QED) is 0.506. The zero-order valence-corrected chi connectivity index (χ0v) is 13.3. The van der Waals surface area contributed by atoms with E-state index in [0.29, 0.717) is 17.2 Å². The molecule has 0 aliphatic carbocycles. The van der Waals surface area contributed by atoms with E-state index >= 15 is 0 Å². The number of hydrazine groups is 1. The molecule has 10 heteroatoms. The second-order valence-electron chi connectivity index (χ2n) is 5.52. The largest absolute Gasteiger partial charge is 0.437 e. The third-order valence-electron chi connectivity index (χ3n) is 3.86. The minimum Gasteiger partial charge on any atom is -0.437 e. The maximum Gasteiger partial charge on any atom is 0.416 e.